The van der Waals surface area contributed by atoms with Crippen LogP contribution in [0.2, 0.25) is 0 Å². The molecule has 0 saturated heterocycles. The number of carbonyl (C=O) groups is 1. The number of amides is 1. The molecule has 0 atom stereocenters. The number of hydrogen-bond acceptors (Lipinski definition) is 4. The molecule has 0 heterocycles. The molecule has 0 aliphatic rings. The van der Waals surface area contributed by atoms with Gasteiger partial charge < -0.3 is 5.32 Å². The summed E-state index contributed by atoms with van der Waals surface area (Å²) in [6.07, 6.45) is 0. The van der Waals surface area contributed by atoms with E-state index in [2.05, 4.69) is 10.0 Å². The molecule has 0 spiro atoms. The number of nitriles is 1. The summed E-state index contributed by atoms with van der Waals surface area (Å²) in [4.78, 5) is 12.1. The third-order valence-corrected chi connectivity index (χ3v) is 4.72. The van der Waals surface area contributed by atoms with Crippen molar-refractivity contribution in [3.63, 3.8) is 0 Å². The van der Waals surface area contributed by atoms with Crippen LogP contribution in [-0.2, 0) is 10.0 Å². The monoisotopic (exact) mass is 357 g/mol. The maximum Gasteiger partial charge on any atom is 0.261 e. The minimum Gasteiger partial charge on any atom is -0.352 e. The van der Waals surface area contributed by atoms with E-state index in [1.807, 2.05) is 19.9 Å². The van der Waals surface area contributed by atoms with Crippen molar-refractivity contribution in [2.75, 3.05) is 11.3 Å². The third-order valence-electron chi connectivity index (χ3n) is 3.34. The Balaban J connectivity index is 2.20. The molecule has 1 amide bonds. The minimum atomic E-state index is -3.83. The molecule has 6 nitrogen and oxygen atoms in total. The summed E-state index contributed by atoms with van der Waals surface area (Å²) < 4.78 is 27.4. The lowest BCUT2D eigenvalue weighted by molar-refractivity contribution is 0.0949. The van der Waals surface area contributed by atoms with E-state index in [0.717, 1.165) is 0 Å². The average molecular weight is 357 g/mol. The van der Waals surface area contributed by atoms with Crippen LogP contribution in [0.1, 0.15) is 29.8 Å². The molecule has 0 saturated carbocycles. The van der Waals surface area contributed by atoms with Gasteiger partial charge in [-0.1, -0.05) is 19.9 Å². The second-order valence-electron chi connectivity index (χ2n) is 5.93. The highest BCUT2D eigenvalue weighted by Crippen LogP contribution is 2.17. The largest absolute Gasteiger partial charge is 0.352 e. The average Bonchev–Trinajstić information content (AvgIpc) is 2.60. The molecule has 7 heteroatoms. The van der Waals surface area contributed by atoms with Gasteiger partial charge >= 0.3 is 0 Å². The van der Waals surface area contributed by atoms with Crippen molar-refractivity contribution < 1.29 is 13.2 Å². The van der Waals surface area contributed by atoms with Crippen LogP contribution in [0.3, 0.4) is 0 Å². The number of nitrogens with zero attached hydrogens (tertiary/aromatic N) is 1. The van der Waals surface area contributed by atoms with Crippen molar-refractivity contribution >= 4 is 21.6 Å². The number of rotatable bonds is 6. The summed E-state index contributed by atoms with van der Waals surface area (Å²) in [6, 6.07) is 13.9. The predicted molar refractivity (Wildman–Crippen MR) is 95.6 cm³/mol. The Hall–Kier alpha value is -2.85. The first-order chi connectivity index (χ1) is 11.8. The second kappa shape index (κ2) is 7.81. The van der Waals surface area contributed by atoms with Crippen molar-refractivity contribution in [3.05, 3.63) is 59.7 Å². The Labute approximate surface area is 147 Å². The molecule has 0 unspecified atom stereocenters. The van der Waals surface area contributed by atoms with Crippen molar-refractivity contribution in [2.45, 2.75) is 18.7 Å². The van der Waals surface area contributed by atoms with Crippen molar-refractivity contribution in [1.82, 2.24) is 5.32 Å². The zero-order valence-electron chi connectivity index (χ0n) is 14.0. The van der Waals surface area contributed by atoms with Gasteiger partial charge in [0.2, 0.25) is 0 Å². The molecule has 2 rings (SSSR count). The maximum absolute atomic E-state index is 12.5. The van der Waals surface area contributed by atoms with E-state index >= 15 is 0 Å². The molecular formula is C18H19N3O3S. The molecule has 0 aromatic heterocycles. The summed E-state index contributed by atoms with van der Waals surface area (Å²) in [6.45, 7) is 4.46. The van der Waals surface area contributed by atoms with E-state index in [-0.39, 0.29) is 16.4 Å². The van der Waals surface area contributed by atoms with Gasteiger partial charge in [-0.25, -0.2) is 8.42 Å². The van der Waals surface area contributed by atoms with Crippen molar-refractivity contribution in [2.24, 2.45) is 5.92 Å². The molecule has 2 N–H and O–H groups in total. The van der Waals surface area contributed by atoms with Gasteiger partial charge in [0.15, 0.2) is 0 Å². The number of benzene rings is 2. The van der Waals surface area contributed by atoms with Crippen molar-refractivity contribution in [3.8, 4) is 6.07 Å². The number of carbonyl (C=O) groups excluding carboxylic acids is 1. The van der Waals surface area contributed by atoms with E-state index in [0.29, 0.717) is 23.7 Å². The van der Waals surface area contributed by atoms with E-state index < -0.39 is 10.0 Å². The van der Waals surface area contributed by atoms with Crippen LogP contribution in [0, 0.1) is 17.2 Å². The number of hydrogen-bond donors (Lipinski definition) is 2. The van der Waals surface area contributed by atoms with Gasteiger partial charge in [-0.15, -0.1) is 0 Å². The summed E-state index contributed by atoms with van der Waals surface area (Å²) in [5.41, 5.74) is 1.06. The molecule has 0 fully saturated rings. The van der Waals surface area contributed by atoms with Crippen LogP contribution >= 0.6 is 0 Å². The fraction of sp³-hybridized carbons (Fsp3) is 0.222. The van der Waals surface area contributed by atoms with E-state index in [1.54, 1.807) is 6.07 Å². The molecule has 2 aromatic carbocycles. The zero-order valence-corrected chi connectivity index (χ0v) is 14.8. The van der Waals surface area contributed by atoms with E-state index in [4.69, 9.17) is 5.26 Å². The summed E-state index contributed by atoms with van der Waals surface area (Å²) in [5.74, 6) is -0.0157. The first-order valence-electron chi connectivity index (χ1n) is 7.73. The number of sulfonamides is 1. The standard InChI is InChI=1S/C18H19N3O3S/c1-13(2)12-20-18(22)15-4-3-5-17(10-15)25(23,24)21-16-8-6-14(11-19)7-9-16/h3-10,13,21H,12H2,1-2H3,(H,20,22). The number of anilines is 1. The first kappa shape index (κ1) is 18.5. The van der Waals surface area contributed by atoms with E-state index in [9.17, 15) is 13.2 Å². The van der Waals surface area contributed by atoms with Crippen LogP contribution < -0.4 is 10.0 Å². The minimum absolute atomic E-state index is 0.00550. The van der Waals surface area contributed by atoms with Gasteiger partial charge in [0.1, 0.15) is 0 Å². The smallest absolute Gasteiger partial charge is 0.261 e. The van der Waals surface area contributed by atoms with Gasteiger partial charge in [0, 0.05) is 17.8 Å². The van der Waals surface area contributed by atoms with Crippen LogP contribution in [0.4, 0.5) is 5.69 Å². The molecule has 0 aliphatic heterocycles. The maximum atomic E-state index is 12.5. The Bertz CT molecular complexity index is 898. The summed E-state index contributed by atoms with van der Waals surface area (Å²) in [5, 5.41) is 11.5. The molecule has 25 heavy (non-hydrogen) atoms. The Morgan fingerprint density at radius 3 is 2.44 bits per heavy atom. The van der Waals surface area contributed by atoms with Crippen molar-refractivity contribution in [1.29, 1.82) is 5.26 Å². The highest BCUT2D eigenvalue weighted by atomic mass is 32.2. The van der Waals surface area contributed by atoms with E-state index in [1.165, 1.54) is 42.5 Å². The fourth-order valence-corrected chi connectivity index (χ4v) is 3.13. The Kier molecular flexibility index (Phi) is 5.78. The molecule has 0 radical (unpaired) electrons. The first-order valence-corrected chi connectivity index (χ1v) is 9.21. The van der Waals surface area contributed by atoms with Gasteiger partial charge in [0.05, 0.1) is 16.5 Å². The quantitative estimate of drug-likeness (QED) is 0.830. The summed E-state index contributed by atoms with van der Waals surface area (Å²) >= 11 is 0. The Morgan fingerprint density at radius 2 is 1.84 bits per heavy atom. The van der Waals surface area contributed by atoms with Gasteiger partial charge in [-0.2, -0.15) is 5.26 Å². The fourth-order valence-electron chi connectivity index (χ4n) is 2.03. The lowest BCUT2D eigenvalue weighted by Gasteiger charge is -2.11. The number of nitrogens with one attached hydrogen (secondary N) is 2. The highest BCUT2D eigenvalue weighted by Gasteiger charge is 2.16. The molecule has 0 aliphatic carbocycles. The summed E-state index contributed by atoms with van der Waals surface area (Å²) in [7, 11) is -3.83. The Morgan fingerprint density at radius 1 is 1.16 bits per heavy atom. The third kappa shape index (κ3) is 5.06. The van der Waals surface area contributed by atoms with Crippen LogP contribution in [0.15, 0.2) is 53.4 Å². The molecule has 2 aromatic rings. The SMILES string of the molecule is CC(C)CNC(=O)c1cccc(S(=O)(=O)Nc2ccc(C#N)cc2)c1. The molecule has 130 valence electrons. The zero-order chi connectivity index (χ0) is 18.4. The van der Waals surface area contributed by atoms with Crippen LogP contribution in [0.25, 0.3) is 0 Å². The van der Waals surface area contributed by atoms with Gasteiger partial charge in [-0.3, -0.25) is 9.52 Å². The normalized spacial score (nSPS) is 11.0. The lowest BCUT2D eigenvalue weighted by atomic mass is 10.2. The highest BCUT2D eigenvalue weighted by molar-refractivity contribution is 7.92. The molecular weight excluding hydrogens is 338 g/mol. The van der Waals surface area contributed by atoms with Gasteiger partial charge in [0.25, 0.3) is 15.9 Å². The lowest BCUT2D eigenvalue weighted by Crippen LogP contribution is -2.27. The predicted octanol–water partition coefficient (Wildman–Crippen LogP) is 2.74. The van der Waals surface area contributed by atoms with Crippen LogP contribution in [0.5, 0.6) is 0 Å². The van der Waals surface area contributed by atoms with Gasteiger partial charge in [-0.05, 0) is 48.4 Å². The molecule has 0 bridgehead atoms. The topological polar surface area (TPSA) is 99.1 Å². The van der Waals surface area contributed by atoms with Crippen LogP contribution in [-0.4, -0.2) is 20.9 Å². The second-order valence-corrected chi connectivity index (χ2v) is 7.61.